The molecule has 0 spiro atoms. The number of nitrogens with one attached hydrogen (secondary N) is 2. The fraction of sp³-hybridized carbons (Fsp3) is 0.440. The van der Waals surface area contributed by atoms with Crippen molar-refractivity contribution in [1.82, 2.24) is 15.5 Å². The zero-order valence-corrected chi connectivity index (χ0v) is 22.3. The summed E-state index contributed by atoms with van der Waals surface area (Å²) in [6, 6.07) is 16.3. The second-order valence-corrected chi connectivity index (χ2v) is 7.70. The Morgan fingerprint density at radius 1 is 1.03 bits per heavy atom. The third kappa shape index (κ3) is 8.68. The first kappa shape index (κ1) is 27.7. The van der Waals surface area contributed by atoms with Crippen molar-refractivity contribution in [2.75, 3.05) is 51.7 Å². The van der Waals surface area contributed by atoms with Crippen molar-refractivity contribution in [2.24, 2.45) is 4.99 Å². The number of para-hydroxylation sites is 1. The highest BCUT2D eigenvalue weighted by atomic mass is 127. The van der Waals surface area contributed by atoms with Crippen molar-refractivity contribution in [3.8, 4) is 0 Å². The van der Waals surface area contributed by atoms with Gasteiger partial charge in [0.2, 0.25) is 0 Å². The second-order valence-electron chi connectivity index (χ2n) is 7.70. The van der Waals surface area contributed by atoms with E-state index < -0.39 is 0 Å². The van der Waals surface area contributed by atoms with Gasteiger partial charge in [0, 0.05) is 58.1 Å². The molecule has 0 bridgehead atoms. The summed E-state index contributed by atoms with van der Waals surface area (Å²) < 4.78 is 0. The van der Waals surface area contributed by atoms with Crippen LogP contribution in [0.25, 0.3) is 0 Å². The van der Waals surface area contributed by atoms with Gasteiger partial charge in [0.05, 0.1) is 0 Å². The summed E-state index contributed by atoms with van der Waals surface area (Å²) >= 11 is 0. The summed E-state index contributed by atoms with van der Waals surface area (Å²) in [5, 5.41) is 6.76. The molecule has 7 heteroatoms. The molecule has 32 heavy (non-hydrogen) atoms. The molecule has 0 radical (unpaired) electrons. The van der Waals surface area contributed by atoms with Gasteiger partial charge >= 0.3 is 0 Å². The molecule has 1 amide bonds. The van der Waals surface area contributed by atoms with E-state index in [1.165, 1.54) is 11.3 Å². The number of anilines is 1. The summed E-state index contributed by atoms with van der Waals surface area (Å²) in [7, 11) is 3.54. The minimum Gasteiger partial charge on any atom is -0.370 e. The molecule has 0 aliphatic carbocycles. The molecule has 0 aliphatic heterocycles. The van der Waals surface area contributed by atoms with Gasteiger partial charge in [-0.15, -0.1) is 24.0 Å². The van der Waals surface area contributed by atoms with Crippen LogP contribution in [-0.4, -0.2) is 63.6 Å². The summed E-state index contributed by atoms with van der Waals surface area (Å²) in [6.07, 6.45) is 0.787. The molecule has 0 aromatic heterocycles. The maximum absolute atomic E-state index is 12.2. The highest BCUT2D eigenvalue weighted by Gasteiger charge is 2.09. The maximum Gasteiger partial charge on any atom is 0.253 e. The van der Waals surface area contributed by atoms with E-state index in [4.69, 9.17) is 4.99 Å². The van der Waals surface area contributed by atoms with Crippen molar-refractivity contribution in [3.05, 3.63) is 65.2 Å². The van der Waals surface area contributed by atoms with Crippen LogP contribution in [0.4, 0.5) is 5.69 Å². The number of hydrogen-bond donors (Lipinski definition) is 2. The van der Waals surface area contributed by atoms with Gasteiger partial charge in [-0.3, -0.25) is 9.79 Å². The van der Waals surface area contributed by atoms with Crippen LogP contribution in [0.2, 0.25) is 0 Å². The average Bonchev–Trinajstić information content (AvgIpc) is 2.77. The Hall–Kier alpha value is -2.29. The minimum atomic E-state index is 0. The Morgan fingerprint density at radius 3 is 2.44 bits per heavy atom. The van der Waals surface area contributed by atoms with Crippen LogP contribution < -0.4 is 15.5 Å². The number of carbonyl (C=O) groups is 1. The molecule has 0 aliphatic rings. The zero-order valence-electron chi connectivity index (χ0n) is 20.0. The van der Waals surface area contributed by atoms with E-state index in [0.29, 0.717) is 12.1 Å². The molecule has 2 rings (SSSR count). The normalized spacial score (nSPS) is 10.8. The number of aliphatic imine (C=N–C) groups is 1. The molecule has 0 atom stereocenters. The number of aryl methyl sites for hydroxylation is 1. The maximum atomic E-state index is 12.2. The monoisotopic (exact) mass is 551 g/mol. The molecule has 0 heterocycles. The van der Waals surface area contributed by atoms with Gasteiger partial charge in [0.25, 0.3) is 5.91 Å². The average molecular weight is 552 g/mol. The molecule has 2 aromatic carbocycles. The number of benzene rings is 2. The molecule has 176 valence electrons. The van der Waals surface area contributed by atoms with Crippen LogP contribution in [-0.2, 0) is 6.42 Å². The first-order chi connectivity index (χ1) is 15.0. The fourth-order valence-electron chi connectivity index (χ4n) is 3.43. The van der Waals surface area contributed by atoms with Gasteiger partial charge in [-0.2, -0.15) is 0 Å². The lowest BCUT2D eigenvalue weighted by atomic mass is 10.1. The SMILES string of the molecule is CCNC(=NCCc1cccc(C(=O)N(C)C)c1)NCCN(CC)c1ccccc1C.I. The predicted molar refractivity (Wildman–Crippen MR) is 147 cm³/mol. The Labute approximate surface area is 210 Å². The lowest BCUT2D eigenvalue weighted by Crippen LogP contribution is -2.42. The number of amides is 1. The van der Waals surface area contributed by atoms with Gasteiger partial charge < -0.3 is 20.4 Å². The molecular weight excluding hydrogens is 513 g/mol. The summed E-state index contributed by atoms with van der Waals surface area (Å²) in [4.78, 5) is 20.8. The number of carbonyl (C=O) groups excluding carboxylic acids is 1. The van der Waals surface area contributed by atoms with E-state index in [0.717, 1.165) is 44.1 Å². The topological polar surface area (TPSA) is 60.0 Å². The van der Waals surface area contributed by atoms with Gasteiger partial charge in [-0.1, -0.05) is 30.3 Å². The van der Waals surface area contributed by atoms with Crippen LogP contribution in [0, 0.1) is 6.92 Å². The molecule has 0 saturated heterocycles. The third-order valence-corrected chi connectivity index (χ3v) is 5.11. The molecule has 0 unspecified atom stereocenters. The summed E-state index contributed by atoms with van der Waals surface area (Å²) in [5.41, 5.74) is 4.40. The number of guanidine groups is 1. The van der Waals surface area contributed by atoms with Gasteiger partial charge in [0.15, 0.2) is 5.96 Å². The molecule has 2 N–H and O–H groups in total. The second kappa shape index (κ2) is 14.7. The van der Waals surface area contributed by atoms with E-state index in [1.807, 2.05) is 24.3 Å². The minimum absolute atomic E-state index is 0. The quantitative estimate of drug-likeness (QED) is 0.267. The van der Waals surface area contributed by atoms with Crippen molar-refractivity contribution in [2.45, 2.75) is 27.2 Å². The number of hydrogen-bond acceptors (Lipinski definition) is 3. The summed E-state index contributed by atoms with van der Waals surface area (Å²) in [5.74, 6) is 0.846. The van der Waals surface area contributed by atoms with Crippen LogP contribution >= 0.6 is 24.0 Å². The van der Waals surface area contributed by atoms with Crippen LogP contribution in [0.15, 0.2) is 53.5 Å². The Balaban J connectivity index is 0.00000512. The van der Waals surface area contributed by atoms with E-state index in [2.05, 4.69) is 60.6 Å². The van der Waals surface area contributed by atoms with Gasteiger partial charge in [0.1, 0.15) is 0 Å². The third-order valence-electron chi connectivity index (χ3n) is 5.11. The lowest BCUT2D eigenvalue weighted by Gasteiger charge is -2.25. The molecule has 0 saturated carbocycles. The smallest absolute Gasteiger partial charge is 0.253 e. The van der Waals surface area contributed by atoms with E-state index in [9.17, 15) is 4.79 Å². The first-order valence-electron chi connectivity index (χ1n) is 11.1. The van der Waals surface area contributed by atoms with Crippen molar-refractivity contribution < 1.29 is 4.79 Å². The fourth-order valence-corrected chi connectivity index (χ4v) is 3.43. The molecular formula is C25H38IN5O. The van der Waals surface area contributed by atoms with Crippen LogP contribution in [0.3, 0.4) is 0 Å². The van der Waals surface area contributed by atoms with Crippen LogP contribution in [0.1, 0.15) is 35.3 Å². The molecule has 6 nitrogen and oxygen atoms in total. The molecule has 0 fully saturated rings. The first-order valence-corrected chi connectivity index (χ1v) is 11.1. The van der Waals surface area contributed by atoms with Gasteiger partial charge in [-0.25, -0.2) is 0 Å². The standard InChI is InChI=1S/C25H37N5O.HI/c1-6-26-25(28-17-18-30(7-2)23-14-9-8-11-20(23)3)27-16-15-21-12-10-13-22(19-21)24(31)29(4)5;/h8-14,19H,6-7,15-18H2,1-5H3,(H2,26,27,28);1H. The van der Waals surface area contributed by atoms with Crippen molar-refractivity contribution in [1.29, 1.82) is 0 Å². The van der Waals surface area contributed by atoms with Crippen molar-refractivity contribution in [3.63, 3.8) is 0 Å². The van der Waals surface area contributed by atoms with E-state index in [-0.39, 0.29) is 29.9 Å². The van der Waals surface area contributed by atoms with Crippen molar-refractivity contribution >= 4 is 41.5 Å². The Morgan fingerprint density at radius 2 is 1.78 bits per heavy atom. The number of halogens is 1. The number of likely N-dealkylation sites (N-methyl/N-ethyl adjacent to an activating group) is 1. The lowest BCUT2D eigenvalue weighted by molar-refractivity contribution is 0.0827. The Kier molecular flexibility index (Phi) is 12.8. The van der Waals surface area contributed by atoms with Gasteiger partial charge in [-0.05, 0) is 56.5 Å². The largest absolute Gasteiger partial charge is 0.370 e. The molecule has 2 aromatic rings. The Bertz CT molecular complexity index is 869. The number of nitrogens with zero attached hydrogens (tertiary/aromatic N) is 3. The predicted octanol–water partition coefficient (Wildman–Crippen LogP) is 3.94. The summed E-state index contributed by atoms with van der Waals surface area (Å²) in [6.45, 7) is 10.5. The van der Waals surface area contributed by atoms with E-state index >= 15 is 0 Å². The zero-order chi connectivity index (χ0) is 22.6. The highest BCUT2D eigenvalue weighted by Crippen LogP contribution is 2.18. The van der Waals surface area contributed by atoms with E-state index in [1.54, 1.807) is 19.0 Å². The highest BCUT2D eigenvalue weighted by molar-refractivity contribution is 14.0. The number of rotatable bonds is 10. The van der Waals surface area contributed by atoms with Crippen LogP contribution in [0.5, 0.6) is 0 Å².